The molecule has 2 rings (SSSR count). The van der Waals surface area contributed by atoms with Crippen LogP contribution in [-0.4, -0.2) is 9.55 Å². The van der Waals surface area contributed by atoms with Gasteiger partial charge in [0, 0.05) is 4.47 Å². The highest BCUT2D eigenvalue weighted by Gasteiger charge is 2.15. The summed E-state index contributed by atoms with van der Waals surface area (Å²) in [5.41, 5.74) is 8.02. The summed E-state index contributed by atoms with van der Waals surface area (Å²) < 4.78 is 3.02. The molecule has 1 aromatic carbocycles. The first-order valence-electron chi connectivity index (χ1n) is 5.52. The molecule has 4 heteroatoms. The summed E-state index contributed by atoms with van der Waals surface area (Å²) in [5, 5.41) is 0. The molecular weight excluding hydrogens is 278 g/mol. The summed E-state index contributed by atoms with van der Waals surface area (Å²) in [7, 11) is 0. The van der Waals surface area contributed by atoms with Gasteiger partial charge in [-0.15, -0.1) is 6.42 Å². The molecule has 0 amide bonds. The second-order valence-corrected chi connectivity index (χ2v) is 4.82. The van der Waals surface area contributed by atoms with Gasteiger partial charge in [-0.1, -0.05) is 28.8 Å². The van der Waals surface area contributed by atoms with Crippen molar-refractivity contribution in [1.82, 2.24) is 9.55 Å². The molecule has 0 radical (unpaired) electrons. The quantitative estimate of drug-likeness (QED) is 0.884. The molecule has 0 aliphatic rings. The van der Waals surface area contributed by atoms with Crippen LogP contribution in [0.2, 0.25) is 0 Å². The van der Waals surface area contributed by atoms with Gasteiger partial charge in [0.2, 0.25) is 0 Å². The highest BCUT2D eigenvalue weighted by atomic mass is 79.9. The Morgan fingerprint density at radius 3 is 3.00 bits per heavy atom. The predicted octanol–water partition coefficient (Wildman–Crippen LogP) is 2.84. The zero-order valence-corrected chi connectivity index (χ0v) is 11.2. The summed E-state index contributed by atoms with van der Waals surface area (Å²) in [6.45, 7) is 2.54. The van der Waals surface area contributed by atoms with Crippen molar-refractivity contribution in [3.63, 3.8) is 0 Å². The molecule has 0 saturated carbocycles. The topological polar surface area (TPSA) is 43.8 Å². The fourth-order valence-corrected chi connectivity index (χ4v) is 2.19. The molecule has 1 heterocycles. The number of nitrogens with two attached hydrogens (primary N) is 1. The minimum atomic E-state index is -0.0745. The number of rotatable bonds is 3. The molecule has 0 aliphatic carbocycles. The van der Waals surface area contributed by atoms with Gasteiger partial charge in [0.05, 0.1) is 23.6 Å². The third kappa shape index (κ3) is 2.21. The van der Waals surface area contributed by atoms with Gasteiger partial charge in [0.25, 0.3) is 0 Å². The van der Waals surface area contributed by atoms with E-state index >= 15 is 0 Å². The largest absolute Gasteiger partial charge is 0.321 e. The molecule has 3 nitrogen and oxygen atoms in total. The van der Waals surface area contributed by atoms with E-state index in [1.807, 2.05) is 29.7 Å². The molecule has 1 unspecified atom stereocenters. The Bertz CT molecular complexity index is 580. The molecule has 0 saturated heterocycles. The summed E-state index contributed by atoms with van der Waals surface area (Å²) in [6.07, 6.45) is 6.24. The lowest BCUT2D eigenvalue weighted by atomic mass is 10.2. The van der Waals surface area contributed by atoms with E-state index in [-0.39, 0.29) is 6.04 Å². The maximum Gasteiger partial charge on any atom is 0.127 e. The number of halogens is 1. The van der Waals surface area contributed by atoms with Crippen LogP contribution in [0.3, 0.4) is 0 Å². The standard InChI is InChI=1S/C13H14BrN3/c1-3-7-17-12-6-5-9(14)8-11(12)16-13(17)10(15)4-2/h1,5-6,8,10H,4,7,15H2,2H3. The Balaban J connectivity index is 2.66. The van der Waals surface area contributed by atoms with Crippen LogP contribution in [0, 0.1) is 12.3 Å². The fraction of sp³-hybridized carbons (Fsp3) is 0.308. The normalized spacial score (nSPS) is 12.6. The highest BCUT2D eigenvalue weighted by Crippen LogP contribution is 2.24. The Hall–Kier alpha value is -1.31. The number of nitrogens with zero attached hydrogens (tertiary/aromatic N) is 2. The van der Waals surface area contributed by atoms with E-state index in [9.17, 15) is 0 Å². The van der Waals surface area contributed by atoms with Crippen LogP contribution in [0.5, 0.6) is 0 Å². The van der Waals surface area contributed by atoms with Crippen molar-refractivity contribution < 1.29 is 0 Å². The molecule has 88 valence electrons. The van der Waals surface area contributed by atoms with Gasteiger partial charge < -0.3 is 10.3 Å². The van der Waals surface area contributed by atoms with Gasteiger partial charge in [0.15, 0.2) is 0 Å². The van der Waals surface area contributed by atoms with Crippen molar-refractivity contribution in [2.75, 3.05) is 0 Å². The van der Waals surface area contributed by atoms with E-state index in [0.717, 1.165) is 27.8 Å². The summed E-state index contributed by atoms with van der Waals surface area (Å²) in [4.78, 5) is 4.58. The predicted molar refractivity (Wildman–Crippen MR) is 73.5 cm³/mol. The first-order chi connectivity index (χ1) is 8.17. The molecular formula is C13H14BrN3. The molecule has 0 spiro atoms. The molecule has 1 atom stereocenters. The maximum absolute atomic E-state index is 6.06. The van der Waals surface area contributed by atoms with E-state index in [2.05, 4.69) is 26.8 Å². The SMILES string of the molecule is C#CCn1c(C(N)CC)nc2cc(Br)ccc21. The zero-order chi connectivity index (χ0) is 12.4. The monoisotopic (exact) mass is 291 g/mol. The van der Waals surface area contributed by atoms with Crippen LogP contribution in [0.4, 0.5) is 0 Å². The smallest absolute Gasteiger partial charge is 0.127 e. The van der Waals surface area contributed by atoms with Crippen LogP contribution < -0.4 is 5.73 Å². The second-order valence-electron chi connectivity index (χ2n) is 3.91. The lowest BCUT2D eigenvalue weighted by molar-refractivity contribution is 0.612. The highest BCUT2D eigenvalue weighted by molar-refractivity contribution is 9.10. The lowest BCUT2D eigenvalue weighted by Crippen LogP contribution is -2.15. The Kier molecular flexibility index (Phi) is 3.51. The Morgan fingerprint density at radius 1 is 1.59 bits per heavy atom. The van der Waals surface area contributed by atoms with Crippen molar-refractivity contribution >= 4 is 27.0 Å². The number of terminal acetylenes is 1. The maximum atomic E-state index is 6.06. The van der Waals surface area contributed by atoms with E-state index < -0.39 is 0 Å². The van der Waals surface area contributed by atoms with E-state index in [4.69, 9.17) is 12.2 Å². The molecule has 0 bridgehead atoms. The molecule has 1 aromatic heterocycles. The molecule has 2 aromatic rings. The van der Waals surface area contributed by atoms with Crippen LogP contribution in [0.15, 0.2) is 22.7 Å². The zero-order valence-electron chi connectivity index (χ0n) is 9.65. The first-order valence-corrected chi connectivity index (χ1v) is 6.31. The van der Waals surface area contributed by atoms with Gasteiger partial charge in [-0.25, -0.2) is 4.98 Å². The Morgan fingerprint density at radius 2 is 2.35 bits per heavy atom. The van der Waals surface area contributed by atoms with Gasteiger partial charge in [-0.05, 0) is 24.6 Å². The molecule has 17 heavy (non-hydrogen) atoms. The number of fused-ring (bicyclic) bond motifs is 1. The minimum absolute atomic E-state index is 0.0745. The van der Waals surface area contributed by atoms with Crippen molar-refractivity contribution in [3.8, 4) is 12.3 Å². The first kappa shape index (κ1) is 12.2. The van der Waals surface area contributed by atoms with Crippen LogP contribution in [0.25, 0.3) is 11.0 Å². The second kappa shape index (κ2) is 4.91. The molecule has 2 N–H and O–H groups in total. The van der Waals surface area contributed by atoms with Crippen molar-refractivity contribution in [3.05, 3.63) is 28.5 Å². The number of aromatic nitrogens is 2. The summed E-state index contributed by atoms with van der Waals surface area (Å²) in [5.74, 6) is 3.51. The number of hydrogen-bond acceptors (Lipinski definition) is 2. The van der Waals surface area contributed by atoms with E-state index in [1.165, 1.54) is 0 Å². The van der Waals surface area contributed by atoms with Crippen molar-refractivity contribution in [2.45, 2.75) is 25.9 Å². The van der Waals surface area contributed by atoms with Gasteiger partial charge in [-0.2, -0.15) is 0 Å². The van der Waals surface area contributed by atoms with Crippen LogP contribution in [-0.2, 0) is 6.54 Å². The third-order valence-electron chi connectivity index (χ3n) is 2.76. The molecule has 0 aliphatic heterocycles. The van der Waals surface area contributed by atoms with E-state index in [0.29, 0.717) is 6.54 Å². The van der Waals surface area contributed by atoms with Crippen LogP contribution >= 0.6 is 15.9 Å². The third-order valence-corrected chi connectivity index (χ3v) is 3.25. The fourth-order valence-electron chi connectivity index (χ4n) is 1.84. The van der Waals surface area contributed by atoms with Crippen molar-refractivity contribution in [1.29, 1.82) is 0 Å². The van der Waals surface area contributed by atoms with E-state index in [1.54, 1.807) is 0 Å². The molecule has 0 fully saturated rings. The Labute approximate surface area is 109 Å². The van der Waals surface area contributed by atoms with Gasteiger partial charge in [-0.3, -0.25) is 0 Å². The summed E-state index contributed by atoms with van der Waals surface area (Å²) in [6, 6.07) is 5.90. The average molecular weight is 292 g/mol. The van der Waals surface area contributed by atoms with Crippen molar-refractivity contribution in [2.24, 2.45) is 5.73 Å². The lowest BCUT2D eigenvalue weighted by Gasteiger charge is -2.10. The number of hydrogen-bond donors (Lipinski definition) is 1. The van der Waals surface area contributed by atoms with Gasteiger partial charge >= 0.3 is 0 Å². The summed E-state index contributed by atoms with van der Waals surface area (Å²) >= 11 is 3.44. The average Bonchev–Trinajstić information content (AvgIpc) is 2.67. The van der Waals surface area contributed by atoms with Gasteiger partial charge in [0.1, 0.15) is 5.82 Å². The number of benzene rings is 1. The number of imidazole rings is 1. The minimum Gasteiger partial charge on any atom is -0.321 e. The van der Waals surface area contributed by atoms with Crippen LogP contribution in [0.1, 0.15) is 25.2 Å².